The highest BCUT2D eigenvalue weighted by atomic mass is 19.1. The quantitative estimate of drug-likeness (QED) is 0.762. The number of nitrogens with two attached hydrogens (primary N) is 1. The van der Waals surface area contributed by atoms with Crippen LogP contribution in [-0.4, -0.2) is 12.6 Å². The van der Waals surface area contributed by atoms with Gasteiger partial charge in [-0.05, 0) is 13.0 Å². The van der Waals surface area contributed by atoms with E-state index in [1.807, 2.05) is 0 Å². The van der Waals surface area contributed by atoms with Gasteiger partial charge in [-0.25, -0.2) is 8.78 Å². The lowest BCUT2D eigenvalue weighted by Crippen LogP contribution is -2.34. The summed E-state index contributed by atoms with van der Waals surface area (Å²) in [6.07, 6.45) is 5.21. The van der Waals surface area contributed by atoms with E-state index in [-0.39, 0.29) is 12.6 Å². The van der Waals surface area contributed by atoms with Gasteiger partial charge in [-0.2, -0.15) is 0 Å². The number of hydrogen-bond donors (Lipinski definition) is 2. The van der Waals surface area contributed by atoms with Crippen LogP contribution < -0.4 is 11.1 Å². The number of terminal acetylenes is 1. The molecule has 1 rings (SSSR count). The van der Waals surface area contributed by atoms with Crippen molar-refractivity contribution in [3.05, 3.63) is 35.4 Å². The van der Waals surface area contributed by atoms with Crippen molar-refractivity contribution in [2.75, 3.05) is 6.54 Å². The van der Waals surface area contributed by atoms with Crippen LogP contribution in [0.25, 0.3) is 0 Å². The summed E-state index contributed by atoms with van der Waals surface area (Å²) in [6.45, 7) is 1.96. The second kappa shape index (κ2) is 5.59. The molecule has 0 aromatic heterocycles. The van der Waals surface area contributed by atoms with Gasteiger partial charge in [-0.15, -0.1) is 6.42 Å². The van der Waals surface area contributed by atoms with Crippen LogP contribution in [0, 0.1) is 24.0 Å². The average molecular weight is 224 g/mol. The summed E-state index contributed by atoms with van der Waals surface area (Å²) in [4.78, 5) is 0. The third-order valence-corrected chi connectivity index (χ3v) is 2.27. The first-order chi connectivity index (χ1) is 7.58. The van der Waals surface area contributed by atoms with Gasteiger partial charge in [0.1, 0.15) is 11.6 Å². The Labute approximate surface area is 93.8 Å². The Morgan fingerprint density at radius 1 is 1.50 bits per heavy atom. The van der Waals surface area contributed by atoms with Crippen LogP contribution in [0.15, 0.2) is 18.2 Å². The summed E-state index contributed by atoms with van der Waals surface area (Å²) >= 11 is 0. The van der Waals surface area contributed by atoms with E-state index in [1.165, 1.54) is 12.1 Å². The number of benzene rings is 1. The highest BCUT2D eigenvalue weighted by molar-refractivity contribution is 5.23. The molecule has 4 heteroatoms. The molecule has 0 heterocycles. The van der Waals surface area contributed by atoms with Crippen LogP contribution in [0.5, 0.6) is 0 Å². The summed E-state index contributed by atoms with van der Waals surface area (Å²) in [6, 6.07) is 2.77. The monoisotopic (exact) mass is 224 g/mol. The zero-order valence-corrected chi connectivity index (χ0v) is 9.00. The minimum Gasteiger partial charge on any atom is -0.329 e. The molecule has 0 bridgehead atoms. The molecule has 1 aromatic rings. The summed E-state index contributed by atoms with van der Waals surface area (Å²) in [7, 11) is 0. The fraction of sp³-hybridized carbons (Fsp3) is 0.333. The molecule has 2 nitrogen and oxygen atoms in total. The van der Waals surface area contributed by atoms with Gasteiger partial charge in [0.25, 0.3) is 0 Å². The lowest BCUT2D eigenvalue weighted by atomic mass is 10.1. The zero-order valence-electron chi connectivity index (χ0n) is 9.00. The van der Waals surface area contributed by atoms with E-state index in [9.17, 15) is 8.78 Å². The molecule has 0 aliphatic carbocycles. The van der Waals surface area contributed by atoms with Gasteiger partial charge >= 0.3 is 0 Å². The first-order valence-electron chi connectivity index (χ1n) is 4.95. The van der Waals surface area contributed by atoms with Crippen molar-refractivity contribution in [2.24, 2.45) is 5.73 Å². The molecule has 0 amide bonds. The van der Waals surface area contributed by atoms with E-state index in [4.69, 9.17) is 12.2 Å². The van der Waals surface area contributed by atoms with E-state index in [1.54, 1.807) is 6.92 Å². The van der Waals surface area contributed by atoms with E-state index in [2.05, 4.69) is 11.2 Å². The highest BCUT2D eigenvalue weighted by Gasteiger charge is 2.15. The Morgan fingerprint density at radius 2 is 2.19 bits per heavy atom. The number of rotatable bonds is 4. The molecule has 0 spiro atoms. The predicted molar refractivity (Wildman–Crippen MR) is 59.6 cm³/mol. The standard InChI is InChI=1S/C12H14F2N2/c1-3-8(2)16-12(7-15)10-5-4-9(13)6-11(10)14/h1,4-6,8,12,16H,7,15H2,2H3. The largest absolute Gasteiger partial charge is 0.329 e. The smallest absolute Gasteiger partial charge is 0.130 e. The van der Waals surface area contributed by atoms with E-state index >= 15 is 0 Å². The fourth-order valence-corrected chi connectivity index (χ4v) is 1.42. The third-order valence-electron chi connectivity index (χ3n) is 2.27. The molecule has 0 aliphatic heterocycles. The molecule has 0 saturated carbocycles. The van der Waals surface area contributed by atoms with Gasteiger partial charge < -0.3 is 5.73 Å². The molecular weight excluding hydrogens is 210 g/mol. The Kier molecular flexibility index (Phi) is 4.41. The molecule has 0 radical (unpaired) electrons. The number of hydrogen-bond acceptors (Lipinski definition) is 2. The Morgan fingerprint density at radius 3 is 2.69 bits per heavy atom. The van der Waals surface area contributed by atoms with Crippen LogP contribution in [0.3, 0.4) is 0 Å². The number of halogens is 2. The highest BCUT2D eigenvalue weighted by Crippen LogP contribution is 2.17. The van der Waals surface area contributed by atoms with Crippen molar-refractivity contribution in [2.45, 2.75) is 19.0 Å². The SMILES string of the molecule is C#CC(C)NC(CN)c1ccc(F)cc1F. The van der Waals surface area contributed by atoms with Crippen LogP contribution in [-0.2, 0) is 0 Å². The Hall–Kier alpha value is -1.44. The normalized spacial score (nSPS) is 14.2. The van der Waals surface area contributed by atoms with Crippen molar-refractivity contribution in [3.63, 3.8) is 0 Å². The lowest BCUT2D eigenvalue weighted by Gasteiger charge is -2.20. The Balaban J connectivity index is 2.91. The van der Waals surface area contributed by atoms with Gasteiger partial charge in [0.2, 0.25) is 0 Å². The van der Waals surface area contributed by atoms with Gasteiger partial charge in [-0.3, -0.25) is 5.32 Å². The second-order valence-electron chi connectivity index (χ2n) is 3.51. The van der Waals surface area contributed by atoms with Crippen molar-refractivity contribution in [1.82, 2.24) is 5.32 Å². The molecular formula is C12H14F2N2. The first kappa shape index (κ1) is 12.6. The lowest BCUT2D eigenvalue weighted by molar-refractivity contribution is 0.484. The third kappa shape index (κ3) is 3.02. The van der Waals surface area contributed by atoms with Crippen LogP contribution in [0.4, 0.5) is 8.78 Å². The predicted octanol–water partition coefficient (Wildman–Crippen LogP) is 1.58. The molecule has 16 heavy (non-hydrogen) atoms. The average Bonchev–Trinajstić information content (AvgIpc) is 2.26. The minimum atomic E-state index is -0.618. The van der Waals surface area contributed by atoms with Crippen molar-refractivity contribution < 1.29 is 8.78 Å². The molecule has 86 valence electrons. The Bertz CT molecular complexity index is 398. The maximum absolute atomic E-state index is 13.5. The van der Waals surface area contributed by atoms with Crippen molar-refractivity contribution in [1.29, 1.82) is 0 Å². The molecule has 1 aromatic carbocycles. The second-order valence-corrected chi connectivity index (χ2v) is 3.51. The molecule has 0 saturated heterocycles. The number of nitrogens with one attached hydrogen (secondary N) is 1. The van der Waals surface area contributed by atoms with Crippen molar-refractivity contribution in [3.8, 4) is 12.3 Å². The van der Waals surface area contributed by atoms with E-state index in [0.29, 0.717) is 5.56 Å². The van der Waals surface area contributed by atoms with E-state index < -0.39 is 17.7 Å². The molecule has 2 atom stereocenters. The first-order valence-corrected chi connectivity index (χ1v) is 4.95. The van der Waals surface area contributed by atoms with Gasteiger partial charge in [0.05, 0.1) is 6.04 Å². The van der Waals surface area contributed by atoms with Gasteiger partial charge in [-0.1, -0.05) is 12.0 Å². The molecule has 2 unspecified atom stereocenters. The van der Waals surface area contributed by atoms with E-state index in [0.717, 1.165) is 6.07 Å². The molecule has 3 N–H and O–H groups in total. The molecule has 0 aliphatic rings. The van der Waals surface area contributed by atoms with Crippen LogP contribution in [0.1, 0.15) is 18.5 Å². The maximum atomic E-state index is 13.5. The topological polar surface area (TPSA) is 38.0 Å². The van der Waals surface area contributed by atoms with Gasteiger partial charge in [0, 0.05) is 24.2 Å². The zero-order chi connectivity index (χ0) is 12.1. The van der Waals surface area contributed by atoms with Crippen LogP contribution >= 0.6 is 0 Å². The minimum absolute atomic E-state index is 0.189. The summed E-state index contributed by atoms with van der Waals surface area (Å²) in [5, 5.41) is 2.97. The fourth-order valence-electron chi connectivity index (χ4n) is 1.42. The summed E-state index contributed by atoms with van der Waals surface area (Å²) < 4.78 is 26.2. The molecule has 0 fully saturated rings. The maximum Gasteiger partial charge on any atom is 0.130 e. The summed E-state index contributed by atoms with van der Waals surface area (Å²) in [5.41, 5.74) is 5.85. The van der Waals surface area contributed by atoms with Gasteiger partial charge in [0.15, 0.2) is 0 Å². The summed E-state index contributed by atoms with van der Waals surface area (Å²) in [5.74, 6) is 1.24. The van der Waals surface area contributed by atoms with Crippen molar-refractivity contribution >= 4 is 0 Å². The van der Waals surface area contributed by atoms with Crippen LogP contribution in [0.2, 0.25) is 0 Å².